The molecule has 0 amide bonds. The topological polar surface area (TPSA) is 9.23 Å². The minimum atomic E-state index is -5.32. The molecular weight excluding hydrogens is 437 g/mol. The molecule has 1 saturated carbocycles. The Balaban J connectivity index is 2.03. The Kier molecular flexibility index (Phi) is 7.10. The van der Waals surface area contributed by atoms with E-state index in [1.807, 2.05) is 0 Å². The van der Waals surface area contributed by atoms with Crippen molar-refractivity contribution in [1.29, 1.82) is 0 Å². The molecule has 1 fully saturated rings. The fourth-order valence-corrected chi connectivity index (χ4v) is 4.77. The largest absolute Gasteiger partial charge is 0.496 e. The molecule has 1 nitrogen and oxygen atoms in total. The van der Waals surface area contributed by atoms with E-state index in [1.165, 1.54) is 12.1 Å². The zero-order valence-corrected chi connectivity index (χ0v) is 17.8. The van der Waals surface area contributed by atoms with Gasteiger partial charge in [0.05, 0.1) is 12.7 Å². The number of methoxy groups -OCH3 is 1. The molecule has 8 heteroatoms. The predicted octanol–water partition coefficient (Wildman–Crippen LogP) is 8.61. The standard InChI is InChI=1S/C24H25F7O/c1-3-4-14-5-7-15(8-6-14)17-10-9-16(13-19(17)25)18-11-12-20(32-2)22(24(29,30)31)21(18)23(26,27)28/h9-15H,3-8H2,1-2H3. The number of hydrogen-bond acceptors (Lipinski definition) is 1. The summed E-state index contributed by atoms with van der Waals surface area (Å²) in [4.78, 5) is 0. The highest BCUT2D eigenvalue weighted by Crippen LogP contribution is 2.49. The third-order valence-electron chi connectivity index (χ3n) is 6.25. The van der Waals surface area contributed by atoms with Crippen LogP contribution in [0, 0.1) is 11.7 Å². The van der Waals surface area contributed by atoms with Crippen LogP contribution in [0.25, 0.3) is 11.1 Å². The van der Waals surface area contributed by atoms with Gasteiger partial charge in [-0.05, 0) is 66.3 Å². The highest BCUT2D eigenvalue weighted by atomic mass is 19.4. The molecule has 176 valence electrons. The van der Waals surface area contributed by atoms with Gasteiger partial charge in [0.1, 0.15) is 17.1 Å². The number of halogens is 7. The van der Waals surface area contributed by atoms with E-state index < -0.39 is 40.6 Å². The van der Waals surface area contributed by atoms with Crippen molar-refractivity contribution in [2.24, 2.45) is 5.92 Å². The van der Waals surface area contributed by atoms with E-state index in [0.717, 1.165) is 63.8 Å². The first kappa shape index (κ1) is 24.4. The fourth-order valence-electron chi connectivity index (χ4n) is 4.77. The molecule has 3 rings (SSSR count). The molecule has 0 spiro atoms. The summed E-state index contributed by atoms with van der Waals surface area (Å²) in [6.45, 7) is 2.11. The van der Waals surface area contributed by atoms with Crippen LogP contribution in [0.3, 0.4) is 0 Å². The van der Waals surface area contributed by atoms with E-state index in [1.54, 1.807) is 0 Å². The molecule has 1 aliphatic carbocycles. The first-order chi connectivity index (χ1) is 15.0. The Morgan fingerprint density at radius 3 is 2.00 bits per heavy atom. The molecule has 0 N–H and O–H groups in total. The van der Waals surface area contributed by atoms with Gasteiger partial charge in [-0.1, -0.05) is 38.0 Å². The summed E-state index contributed by atoms with van der Waals surface area (Å²) in [6.07, 6.45) is -4.92. The van der Waals surface area contributed by atoms with E-state index in [2.05, 4.69) is 11.7 Å². The summed E-state index contributed by atoms with van der Waals surface area (Å²) in [6, 6.07) is 5.31. The number of ether oxygens (including phenoxy) is 1. The lowest BCUT2D eigenvalue weighted by atomic mass is 9.77. The van der Waals surface area contributed by atoms with Crippen molar-refractivity contribution in [2.75, 3.05) is 7.11 Å². The Morgan fingerprint density at radius 1 is 0.875 bits per heavy atom. The maximum atomic E-state index is 14.9. The van der Waals surface area contributed by atoms with Crippen LogP contribution in [0.5, 0.6) is 5.75 Å². The van der Waals surface area contributed by atoms with Crippen LogP contribution in [0.4, 0.5) is 30.7 Å². The third kappa shape index (κ3) is 5.04. The number of benzene rings is 2. The third-order valence-corrected chi connectivity index (χ3v) is 6.25. The second-order valence-electron chi connectivity index (χ2n) is 8.30. The fraction of sp³-hybridized carbons (Fsp3) is 0.500. The molecule has 0 aromatic heterocycles. The molecular formula is C24H25F7O. The maximum absolute atomic E-state index is 14.9. The van der Waals surface area contributed by atoms with E-state index in [-0.39, 0.29) is 11.5 Å². The minimum absolute atomic E-state index is 0.0409. The molecule has 2 aromatic carbocycles. The predicted molar refractivity (Wildman–Crippen MR) is 108 cm³/mol. The average Bonchev–Trinajstić information content (AvgIpc) is 2.72. The van der Waals surface area contributed by atoms with Gasteiger partial charge < -0.3 is 4.74 Å². The van der Waals surface area contributed by atoms with Crippen LogP contribution < -0.4 is 4.74 Å². The summed E-state index contributed by atoms with van der Waals surface area (Å²) in [5.74, 6) is -1.07. The molecule has 1 aliphatic rings. The second kappa shape index (κ2) is 9.32. The SMILES string of the molecule is CCCC1CCC(c2ccc(-c3ccc(OC)c(C(F)(F)F)c3C(F)(F)F)cc2F)CC1. The molecule has 0 atom stereocenters. The van der Waals surface area contributed by atoms with E-state index in [4.69, 9.17) is 0 Å². The van der Waals surface area contributed by atoms with Gasteiger partial charge in [-0.15, -0.1) is 0 Å². The van der Waals surface area contributed by atoms with E-state index >= 15 is 0 Å². The Bertz CT molecular complexity index is 939. The van der Waals surface area contributed by atoms with Crippen LogP contribution in [0.15, 0.2) is 30.3 Å². The number of hydrogen-bond donors (Lipinski definition) is 0. The molecule has 0 bridgehead atoms. The van der Waals surface area contributed by atoms with Crippen molar-refractivity contribution in [3.8, 4) is 16.9 Å². The Hall–Kier alpha value is -2.25. The summed E-state index contributed by atoms with van der Waals surface area (Å²) >= 11 is 0. The lowest BCUT2D eigenvalue weighted by molar-refractivity contribution is -0.162. The van der Waals surface area contributed by atoms with Crippen molar-refractivity contribution in [3.05, 3.63) is 52.8 Å². The van der Waals surface area contributed by atoms with Crippen LogP contribution >= 0.6 is 0 Å². The average molecular weight is 462 g/mol. The van der Waals surface area contributed by atoms with Gasteiger partial charge in [0.25, 0.3) is 0 Å². The van der Waals surface area contributed by atoms with Crippen molar-refractivity contribution >= 4 is 0 Å². The zero-order chi connectivity index (χ0) is 23.7. The van der Waals surface area contributed by atoms with Crippen LogP contribution in [0.1, 0.15) is 68.1 Å². The monoisotopic (exact) mass is 462 g/mol. The molecule has 0 saturated heterocycles. The second-order valence-corrected chi connectivity index (χ2v) is 8.30. The van der Waals surface area contributed by atoms with E-state index in [0.29, 0.717) is 11.5 Å². The highest BCUT2D eigenvalue weighted by molar-refractivity contribution is 5.72. The molecule has 0 unspecified atom stereocenters. The first-order valence-corrected chi connectivity index (χ1v) is 10.6. The van der Waals surface area contributed by atoms with Crippen molar-refractivity contribution in [1.82, 2.24) is 0 Å². The lowest BCUT2D eigenvalue weighted by Gasteiger charge is -2.29. The van der Waals surface area contributed by atoms with Crippen LogP contribution in [0.2, 0.25) is 0 Å². The quantitative estimate of drug-likeness (QED) is 0.404. The van der Waals surface area contributed by atoms with E-state index in [9.17, 15) is 30.7 Å². The van der Waals surface area contributed by atoms with Crippen LogP contribution in [-0.4, -0.2) is 7.11 Å². The molecule has 0 heterocycles. The Morgan fingerprint density at radius 2 is 1.50 bits per heavy atom. The van der Waals surface area contributed by atoms with Gasteiger partial charge in [0.2, 0.25) is 0 Å². The molecule has 32 heavy (non-hydrogen) atoms. The van der Waals surface area contributed by atoms with Gasteiger partial charge in [0, 0.05) is 0 Å². The number of alkyl halides is 6. The normalized spacial score (nSPS) is 19.8. The van der Waals surface area contributed by atoms with Gasteiger partial charge in [0.15, 0.2) is 0 Å². The van der Waals surface area contributed by atoms with Gasteiger partial charge in [-0.2, -0.15) is 26.3 Å². The smallest absolute Gasteiger partial charge is 0.420 e. The summed E-state index contributed by atoms with van der Waals surface area (Å²) < 4.78 is 101. The molecule has 0 aliphatic heterocycles. The lowest BCUT2D eigenvalue weighted by Crippen LogP contribution is -2.19. The van der Waals surface area contributed by atoms with Gasteiger partial charge in [-0.3, -0.25) is 0 Å². The van der Waals surface area contributed by atoms with Crippen LogP contribution in [-0.2, 0) is 12.4 Å². The highest BCUT2D eigenvalue weighted by Gasteiger charge is 2.47. The van der Waals surface area contributed by atoms with Gasteiger partial charge >= 0.3 is 12.4 Å². The Labute approximate surface area is 182 Å². The van der Waals surface area contributed by atoms with Gasteiger partial charge in [-0.25, -0.2) is 4.39 Å². The first-order valence-electron chi connectivity index (χ1n) is 10.6. The van der Waals surface area contributed by atoms with Crippen molar-refractivity contribution < 1.29 is 35.5 Å². The number of rotatable bonds is 5. The van der Waals surface area contributed by atoms with Crippen molar-refractivity contribution in [3.63, 3.8) is 0 Å². The maximum Gasteiger partial charge on any atom is 0.420 e. The summed E-state index contributed by atoms with van der Waals surface area (Å²) in [7, 11) is 0.869. The zero-order valence-electron chi connectivity index (χ0n) is 17.8. The molecule has 2 aromatic rings. The molecule has 0 radical (unpaired) electrons. The van der Waals surface area contributed by atoms with Crippen molar-refractivity contribution in [2.45, 2.75) is 63.7 Å². The summed E-state index contributed by atoms with van der Waals surface area (Å²) in [5.41, 5.74) is -4.38. The minimum Gasteiger partial charge on any atom is -0.496 e. The summed E-state index contributed by atoms with van der Waals surface area (Å²) in [5, 5.41) is 0.